The molecular weight excluding hydrogens is 258 g/mol. The summed E-state index contributed by atoms with van der Waals surface area (Å²) in [5.74, 6) is 0. The lowest BCUT2D eigenvalue weighted by molar-refractivity contribution is 0.189. The van der Waals surface area contributed by atoms with Crippen LogP contribution in [0.5, 0.6) is 0 Å². The second-order valence-corrected chi connectivity index (χ2v) is 5.84. The summed E-state index contributed by atoms with van der Waals surface area (Å²) < 4.78 is 0. The number of aromatic nitrogens is 1. The van der Waals surface area contributed by atoms with Crippen molar-refractivity contribution in [3.05, 3.63) is 65.5 Å². The Labute approximate surface area is 127 Å². The molecule has 1 atom stereocenters. The molecule has 21 heavy (non-hydrogen) atoms. The van der Waals surface area contributed by atoms with Gasteiger partial charge >= 0.3 is 0 Å². The lowest BCUT2D eigenvalue weighted by Gasteiger charge is -2.33. The summed E-state index contributed by atoms with van der Waals surface area (Å²) in [4.78, 5) is 7.03. The maximum absolute atomic E-state index is 4.52. The van der Waals surface area contributed by atoms with Crippen LogP contribution in [0.2, 0.25) is 0 Å². The molecule has 0 saturated carbocycles. The van der Waals surface area contributed by atoms with E-state index in [4.69, 9.17) is 0 Å². The van der Waals surface area contributed by atoms with Crippen LogP contribution in [-0.4, -0.2) is 35.6 Å². The summed E-state index contributed by atoms with van der Waals surface area (Å²) in [5, 5.41) is 3.64. The summed E-state index contributed by atoms with van der Waals surface area (Å²) in [7, 11) is 0. The van der Waals surface area contributed by atoms with Gasteiger partial charge in [0.2, 0.25) is 0 Å². The second kappa shape index (κ2) is 6.83. The fourth-order valence-corrected chi connectivity index (χ4v) is 2.97. The molecule has 110 valence electrons. The van der Waals surface area contributed by atoms with E-state index in [2.05, 4.69) is 58.5 Å². The predicted molar refractivity (Wildman–Crippen MR) is 86.2 cm³/mol. The summed E-state index contributed by atoms with van der Waals surface area (Å²) in [5.41, 5.74) is 3.90. The summed E-state index contributed by atoms with van der Waals surface area (Å²) >= 11 is 0. The Morgan fingerprint density at radius 3 is 2.86 bits per heavy atom. The first kappa shape index (κ1) is 14.2. The Hall–Kier alpha value is -1.71. The van der Waals surface area contributed by atoms with E-state index in [9.17, 15) is 0 Å². The minimum atomic E-state index is 0.533. The molecule has 3 heteroatoms. The van der Waals surface area contributed by atoms with Crippen LogP contribution in [0.15, 0.2) is 48.7 Å². The zero-order valence-electron chi connectivity index (χ0n) is 12.6. The molecule has 1 saturated heterocycles. The second-order valence-electron chi connectivity index (χ2n) is 5.84. The fourth-order valence-electron chi connectivity index (χ4n) is 2.97. The van der Waals surface area contributed by atoms with E-state index < -0.39 is 0 Å². The maximum Gasteiger partial charge on any atom is 0.0573 e. The highest BCUT2D eigenvalue weighted by Crippen LogP contribution is 2.12. The van der Waals surface area contributed by atoms with Crippen LogP contribution in [0.25, 0.3) is 0 Å². The SMILES string of the molecule is Cc1cccnc1CN1CCNC(Cc2ccccc2)C1. The van der Waals surface area contributed by atoms with Crippen molar-refractivity contribution in [3.63, 3.8) is 0 Å². The number of piperazine rings is 1. The smallest absolute Gasteiger partial charge is 0.0573 e. The van der Waals surface area contributed by atoms with Crippen molar-refractivity contribution in [1.82, 2.24) is 15.2 Å². The van der Waals surface area contributed by atoms with Crippen molar-refractivity contribution < 1.29 is 0 Å². The molecular formula is C18H23N3. The third kappa shape index (κ3) is 3.90. The lowest BCUT2D eigenvalue weighted by Crippen LogP contribution is -2.51. The molecule has 1 fully saturated rings. The van der Waals surface area contributed by atoms with Crippen LogP contribution in [-0.2, 0) is 13.0 Å². The standard InChI is InChI=1S/C18H23N3/c1-15-6-5-9-20-18(15)14-21-11-10-19-17(13-21)12-16-7-3-2-4-8-16/h2-9,17,19H,10-14H2,1H3. The van der Waals surface area contributed by atoms with Crippen LogP contribution < -0.4 is 5.32 Å². The van der Waals surface area contributed by atoms with Gasteiger partial charge in [-0.3, -0.25) is 9.88 Å². The van der Waals surface area contributed by atoms with Crippen LogP contribution in [0.4, 0.5) is 0 Å². The van der Waals surface area contributed by atoms with Gasteiger partial charge in [-0.2, -0.15) is 0 Å². The van der Waals surface area contributed by atoms with Crippen molar-refractivity contribution in [1.29, 1.82) is 0 Å². The van der Waals surface area contributed by atoms with Crippen molar-refractivity contribution >= 4 is 0 Å². The lowest BCUT2D eigenvalue weighted by atomic mass is 10.0. The van der Waals surface area contributed by atoms with Gasteiger partial charge in [-0.1, -0.05) is 36.4 Å². The third-order valence-electron chi connectivity index (χ3n) is 4.16. The molecule has 0 radical (unpaired) electrons. The Balaban J connectivity index is 1.60. The van der Waals surface area contributed by atoms with Gasteiger partial charge in [-0.25, -0.2) is 0 Å². The summed E-state index contributed by atoms with van der Waals surface area (Å²) in [6.07, 6.45) is 2.99. The molecule has 1 aliphatic rings. The van der Waals surface area contributed by atoms with Crippen molar-refractivity contribution in [3.8, 4) is 0 Å². The quantitative estimate of drug-likeness (QED) is 0.933. The molecule has 0 bridgehead atoms. The van der Waals surface area contributed by atoms with E-state index in [-0.39, 0.29) is 0 Å². The van der Waals surface area contributed by atoms with Gasteiger partial charge < -0.3 is 5.32 Å². The first-order valence-corrected chi connectivity index (χ1v) is 7.71. The molecule has 2 aromatic rings. The Kier molecular flexibility index (Phi) is 4.63. The number of pyridine rings is 1. The molecule has 1 N–H and O–H groups in total. The third-order valence-corrected chi connectivity index (χ3v) is 4.16. The topological polar surface area (TPSA) is 28.2 Å². The molecule has 3 rings (SSSR count). The van der Waals surface area contributed by atoms with Gasteiger partial charge in [0, 0.05) is 38.4 Å². The first-order chi connectivity index (χ1) is 10.3. The van der Waals surface area contributed by atoms with E-state index in [1.54, 1.807) is 0 Å². The number of nitrogens with one attached hydrogen (secondary N) is 1. The normalized spacial score (nSPS) is 19.6. The molecule has 3 nitrogen and oxygen atoms in total. The highest BCUT2D eigenvalue weighted by molar-refractivity contribution is 5.18. The van der Waals surface area contributed by atoms with Gasteiger partial charge in [-0.05, 0) is 30.5 Å². The molecule has 0 amide bonds. The van der Waals surface area contributed by atoms with E-state index in [0.717, 1.165) is 32.6 Å². The van der Waals surface area contributed by atoms with E-state index in [1.165, 1.54) is 16.8 Å². The van der Waals surface area contributed by atoms with Crippen LogP contribution in [0.1, 0.15) is 16.8 Å². The molecule has 1 unspecified atom stereocenters. The molecule has 0 spiro atoms. The first-order valence-electron chi connectivity index (χ1n) is 7.71. The minimum absolute atomic E-state index is 0.533. The largest absolute Gasteiger partial charge is 0.311 e. The predicted octanol–water partition coefficient (Wildman–Crippen LogP) is 2.41. The van der Waals surface area contributed by atoms with Crippen molar-refractivity contribution in [2.24, 2.45) is 0 Å². The molecule has 1 aliphatic heterocycles. The number of hydrogen-bond acceptors (Lipinski definition) is 3. The van der Waals surface area contributed by atoms with Crippen LogP contribution >= 0.6 is 0 Å². The van der Waals surface area contributed by atoms with Crippen molar-refractivity contribution in [2.75, 3.05) is 19.6 Å². The highest BCUT2D eigenvalue weighted by atomic mass is 15.2. The van der Waals surface area contributed by atoms with E-state index >= 15 is 0 Å². The monoisotopic (exact) mass is 281 g/mol. The zero-order chi connectivity index (χ0) is 14.5. The Morgan fingerprint density at radius 2 is 2.05 bits per heavy atom. The Bertz CT molecular complexity index is 568. The maximum atomic E-state index is 4.52. The number of hydrogen-bond donors (Lipinski definition) is 1. The molecule has 2 heterocycles. The van der Waals surface area contributed by atoms with Crippen LogP contribution in [0.3, 0.4) is 0 Å². The molecule has 0 aliphatic carbocycles. The number of rotatable bonds is 4. The summed E-state index contributed by atoms with van der Waals surface area (Å²) in [6.45, 7) is 6.35. The number of benzene rings is 1. The fraction of sp³-hybridized carbons (Fsp3) is 0.389. The highest BCUT2D eigenvalue weighted by Gasteiger charge is 2.20. The van der Waals surface area contributed by atoms with Gasteiger partial charge in [0.1, 0.15) is 0 Å². The Morgan fingerprint density at radius 1 is 1.19 bits per heavy atom. The van der Waals surface area contributed by atoms with Crippen molar-refractivity contribution in [2.45, 2.75) is 25.9 Å². The molecule has 1 aromatic heterocycles. The average molecular weight is 281 g/mol. The van der Waals surface area contributed by atoms with Crippen LogP contribution in [0, 0.1) is 6.92 Å². The zero-order valence-corrected chi connectivity index (χ0v) is 12.6. The minimum Gasteiger partial charge on any atom is -0.311 e. The number of nitrogens with zero attached hydrogens (tertiary/aromatic N) is 2. The summed E-state index contributed by atoms with van der Waals surface area (Å²) in [6, 6.07) is 15.4. The van der Waals surface area contributed by atoms with E-state index in [1.807, 2.05) is 12.3 Å². The average Bonchev–Trinajstić information content (AvgIpc) is 2.51. The number of aryl methyl sites for hydroxylation is 1. The van der Waals surface area contributed by atoms with Gasteiger partial charge in [0.25, 0.3) is 0 Å². The van der Waals surface area contributed by atoms with Gasteiger partial charge in [0.15, 0.2) is 0 Å². The van der Waals surface area contributed by atoms with E-state index in [0.29, 0.717) is 6.04 Å². The van der Waals surface area contributed by atoms with Gasteiger partial charge in [-0.15, -0.1) is 0 Å². The molecule has 1 aromatic carbocycles. The van der Waals surface area contributed by atoms with Gasteiger partial charge in [0.05, 0.1) is 5.69 Å².